The molecule has 0 radical (unpaired) electrons. The van der Waals surface area contributed by atoms with E-state index in [4.69, 9.17) is 11.6 Å². The highest BCUT2D eigenvalue weighted by atomic mass is 35.5. The molecular formula is C28H31ClF6N4O3. The van der Waals surface area contributed by atoms with Crippen LogP contribution in [0.25, 0.3) is 0 Å². The number of carbonyl (C=O) groups is 2. The van der Waals surface area contributed by atoms with E-state index in [1.807, 2.05) is 0 Å². The molecule has 2 aliphatic rings. The minimum atomic E-state index is -5.53. The Kier molecular flexibility index (Phi) is 9.31. The van der Waals surface area contributed by atoms with Crippen LogP contribution >= 0.6 is 11.6 Å². The molecule has 42 heavy (non-hydrogen) atoms. The van der Waals surface area contributed by atoms with Crippen molar-refractivity contribution in [1.29, 1.82) is 0 Å². The zero-order valence-corrected chi connectivity index (χ0v) is 23.5. The highest BCUT2D eigenvalue weighted by Crippen LogP contribution is 2.43. The number of halogens is 7. The summed E-state index contributed by atoms with van der Waals surface area (Å²) >= 11 is 6.18. The Morgan fingerprint density at radius 3 is 2.05 bits per heavy atom. The molecule has 2 aliphatic heterocycles. The molecule has 2 fully saturated rings. The molecule has 0 unspecified atom stereocenters. The molecule has 1 aromatic carbocycles. The third-order valence-corrected chi connectivity index (χ3v) is 8.43. The Morgan fingerprint density at radius 1 is 0.952 bits per heavy atom. The van der Waals surface area contributed by atoms with Crippen LogP contribution in [0.3, 0.4) is 0 Å². The van der Waals surface area contributed by atoms with Crippen molar-refractivity contribution < 1.29 is 41.0 Å². The van der Waals surface area contributed by atoms with Gasteiger partial charge in [-0.05, 0) is 68.2 Å². The number of aliphatic hydroxyl groups is 1. The van der Waals surface area contributed by atoms with E-state index in [2.05, 4.69) is 15.2 Å². The molecule has 1 atom stereocenters. The van der Waals surface area contributed by atoms with E-state index in [0.29, 0.717) is 49.8 Å². The molecule has 0 spiro atoms. The average molecular weight is 621 g/mol. The summed E-state index contributed by atoms with van der Waals surface area (Å²) in [7, 11) is 1.50. The molecule has 3 heterocycles. The lowest BCUT2D eigenvalue weighted by Crippen LogP contribution is -2.57. The van der Waals surface area contributed by atoms with Gasteiger partial charge < -0.3 is 20.2 Å². The number of benzene rings is 1. The van der Waals surface area contributed by atoms with Gasteiger partial charge in [-0.25, -0.2) is 4.98 Å². The summed E-state index contributed by atoms with van der Waals surface area (Å²) in [6.45, 7) is 1.33. The minimum absolute atomic E-state index is 0.0419. The van der Waals surface area contributed by atoms with Gasteiger partial charge in [-0.2, -0.15) is 26.3 Å². The molecule has 230 valence electrons. The number of rotatable bonds is 6. The van der Waals surface area contributed by atoms with Gasteiger partial charge in [0, 0.05) is 38.8 Å². The Balaban J connectivity index is 1.34. The van der Waals surface area contributed by atoms with Crippen molar-refractivity contribution in [3.63, 3.8) is 0 Å². The van der Waals surface area contributed by atoms with Crippen molar-refractivity contribution in [2.75, 3.05) is 38.1 Å². The molecule has 0 saturated carbocycles. The maximum atomic E-state index is 14.0. The lowest BCUT2D eigenvalue weighted by Gasteiger charge is -2.40. The zero-order chi connectivity index (χ0) is 30.9. The fourth-order valence-corrected chi connectivity index (χ4v) is 5.94. The fourth-order valence-electron chi connectivity index (χ4n) is 5.70. The summed E-state index contributed by atoms with van der Waals surface area (Å²) < 4.78 is 81.5. The number of amides is 2. The van der Waals surface area contributed by atoms with Crippen molar-refractivity contribution in [2.45, 2.75) is 50.1 Å². The van der Waals surface area contributed by atoms with Crippen LogP contribution in [0.2, 0.25) is 5.15 Å². The molecule has 2 aromatic rings. The van der Waals surface area contributed by atoms with Gasteiger partial charge in [0.25, 0.3) is 17.4 Å². The van der Waals surface area contributed by atoms with E-state index in [0.717, 1.165) is 30.2 Å². The largest absolute Gasteiger partial charge is 0.430 e. The van der Waals surface area contributed by atoms with Crippen LogP contribution in [0.4, 0.5) is 32.2 Å². The van der Waals surface area contributed by atoms with Gasteiger partial charge in [0.05, 0.1) is 11.1 Å². The highest BCUT2D eigenvalue weighted by molar-refractivity contribution is 6.32. The number of piperidine rings is 2. The van der Waals surface area contributed by atoms with Crippen LogP contribution in [-0.2, 0) is 16.6 Å². The summed E-state index contributed by atoms with van der Waals surface area (Å²) in [6, 6.07) is 5.53. The molecular weight excluding hydrogens is 590 g/mol. The number of anilines is 1. The number of likely N-dealkylation sites (tertiary alicyclic amines) is 1. The van der Waals surface area contributed by atoms with Crippen molar-refractivity contribution in [3.8, 4) is 0 Å². The number of nitrogens with one attached hydrogen (secondary N) is 1. The number of carbonyl (C=O) groups excluding carboxylic acids is 2. The Morgan fingerprint density at radius 2 is 1.52 bits per heavy atom. The first-order valence-electron chi connectivity index (χ1n) is 13.5. The average Bonchev–Trinajstić information content (AvgIpc) is 2.95. The number of pyridine rings is 1. The van der Waals surface area contributed by atoms with Crippen molar-refractivity contribution in [3.05, 3.63) is 58.2 Å². The minimum Gasteiger partial charge on any atom is -0.369 e. The Hall–Kier alpha value is -3.06. The monoisotopic (exact) mass is 620 g/mol. The SMILES string of the molecule is CNC(=O)c1ccc(N2CCC(CC3CCN(C(=O)[C@](O)(c4cccc(C(F)(F)F)c4)C(F)(F)F)CC3)CC2)nc1Cl. The van der Waals surface area contributed by atoms with Crippen LogP contribution in [-0.4, -0.2) is 66.2 Å². The number of aromatic nitrogens is 1. The van der Waals surface area contributed by atoms with Crippen LogP contribution in [0.15, 0.2) is 36.4 Å². The first-order valence-corrected chi connectivity index (χ1v) is 13.9. The van der Waals surface area contributed by atoms with Crippen LogP contribution < -0.4 is 10.2 Å². The molecule has 0 aliphatic carbocycles. The smallest absolute Gasteiger partial charge is 0.369 e. The second-order valence-electron chi connectivity index (χ2n) is 10.8. The third kappa shape index (κ3) is 6.61. The van der Waals surface area contributed by atoms with Crippen LogP contribution in [0, 0.1) is 11.8 Å². The molecule has 4 rings (SSSR count). The van der Waals surface area contributed by atoms with Crippen molar-refractivity contribution >= 4 is 29.2 Å². The first kappa shape index (κ1) is 31.9. The summed E-state index contributed by atoms with van der Waals surface area (Å²) in [6.07, 6.45) is -7.13. The molecule has 0 bridgehead atoms. The molecule has 2 N–H and O–H groups in total. The van der Waals surface area contributed by atoms with Gasteiger partial charge in [-0.3, -0.25) is 9.59 Å². The maximum Gasteiger partial charge on any atom is 0.430 e. The Bertz CT molecular complexity index is 1290. The number of hydrogen-bond donors (Lipinski definition) is 2. The summed E-state index contributed by atoms with van der Waals surface area (Å²) in [5, 5.41) is 13.2. The number of alkyl halides is 6. The fraction of sp³-hybridized carbons (Fsp3) is 0.536. The second kappa shape index (κ2) is 12.3. The molecule has 1 aromatic heterocycles. The van der Waals surface area contributed by atoms with Crippen LogP contribution in [0.1, 0.15) is 53.6 Å². The summed E-state index contributed by atoms with van der Waals surface area (Å²) in [5.41, 5.74) is -6.36. The second-order valence-corrected chi connectivity index (χ2v) is 11.1. The normalized spacial score (nSPS) is 19.0. The first-order chi connectivity index (χ1) is 19.6. The van der Waals surface area contributed by atoms with E-state index in [9.17, 15) is 41.0 Å². The summed E-state index contributed by atoms with van der Waals surface area (Å²) in [5.74, 6) is -0.835. The van der Waals surface area contributed by atoms with E-state index < -0.39 is 35.0 Å². The molecule has 7 nitrogen and oxygen atoms in total. The van der Waals surface area contributed by atoms with Gasteiger partial charge in [0.1, 0.15) is 11.0 Å². The van der Waals surface area contributed by atoms with E-state index in [-0.39, 0.29) is 41.7 Å². The predicted molar refractivity (Wildman–Crippen MR) is 143 cm³/mol. The van der Waals surface area contributed by atoms with E-state index >= 15 is 0 Å². The number of nitrogens with zero attached hydrogens (tertiary/aromatic N) is 3. The standard InChI is InChI=1S/C28H31ClF6N4O3/c1-36-24(40)21-5-6-22(37-23(21)29)38-11-7-17(8-12-38)15-18-9-13-39(14-10-18)25(41)26(42,28(33,34)35)19-3-2-4-20(16-19)27(30,31)32/h2-6,16-18,42H,7-15H2,1H3,(H,36,40)/t26-/m1/s1. The van der Waals surface area contributed by atoms with Gasteiger partial charge >= 0.3 is 12.4 Å². The summed E-state index contributed by atoms with van der Waals surface area (Å²) in [4.78, 5) is 32.2. The van der Waals surface area contributed by atoms with Gasteiger partial charge in [0.2, 0.25) is 0 Å². The molecule has 2 saturated heterocycles. The van der Waals surface area contributed by atoms with Crippen molar-refractivity contribution in [1.82, 2.24) is 15.2 Å². The third-order valence-electron chi connectivity index (χ3n) is 8.14. The zero-order valence-electron chi connectivity index (χ0n) is 22.7. The van der Waals surface area contributed by atoms with Gasteiger partial charge in [-0.15, -0.1) is 0 Å². The quantitative estimate of drug-likeness (QED) is 0.333. The predicted octanol–water partition coefficient (Wildman–Crippen LogP) is 5.41. The lowest BCUT2D eigenvalue weighted by atomic mass is 9.82. The lowest BCUT2D eigenvalue weighted by molar-refractivity contribution is -0.262. The molecule has 14 heteroatoms. The van der Waals surface area contributed by atoms with Crippen molar-refractivity contribution in [2.24, 2.45) is 11.8 Å². The number of hydrogen-bond acceptors (Lipinski definition) is 5. The molecule has 2 amide bonds. The van der Waals surface area contributed by atoms with Crippen LogP contribution in [0.5, 0.6) is 0 Å². The van der Waals surface area contributed by atoms with Gasteiger partial charge in [-0.1, -0.05) is 23.7 Å². The topological polar surface area (TPSA) is 85.8 Å². The Labute approximate surface area is 243 Å². The highest BCUT2D eigenvalue weighted by Gasteiger charge is 2.62. The van der Waals surface area contributed by atoms with E-state index in [1.165, 1.54) is 7.05 Å². The van der Waals surface area contributed by atoms with E-state index in [1.54, 1.807) is 12.1 Å². The maximum absolute atomic E-state index is 14.0. The van der Waals surface area contributed by atoms with Gasteiger partial charge in [0.15, 0.2) is 0 Å².